The van der Waals surface area contributed by atoms with Gasteiger partial charge in [-0.25, -0.2) is 0 Å². The predicted molar refractivity (Wildman–Crippen MR) is 16.3 cm³/mol. The van der Waals surface area contributed by atoms with E-state index in [0.29, 0.717) is 0 Å². The Labute approximate surface area is 46.4 Å². The summed E-state index contributed by atoms with van der Waals surface area (Å²) in [7, 11) is -4.14. The molecule has 3 nitrogen and oxygen atoms in total. The SMILES string of the molecule is [CH]P(=O)(O)O.[Fe]. The van der Waals surface area contributed by atoms with Gasteiger partial charge in [-0.1, -0.05) is 0 Å². The van der Waals surface area contributed by atoms with E-state index in [9.17, 15) is 0 Å². The molecule has 38 valence electrons. The Morgan fingerprint density at radius 1 is 1.50 bits per heavy atom. The van der Waals surface area contributed by atoms with Crippen molar-refractivity contribution in [2.75, 3.05) is 0 Å². The van der Waals surface area contributed by atoms with Crippen LogP contribution in [0.4, 0.5) is 0 Å². The zero-order valence-electron chi connectivity index (χ0n) is 2.68. The minimum absolute atomic E-state index is 0. The van der Waals surface area contributed by atoms with Crippen LogP contribution in [-0.2, 0) is 21.6 Å². The minimum atomic E-state index is -4.14. The smallest absolute Gasteiger partial charge is 0.324 e. The largest absolute Gasteiger partial charge is 0.330 e. The molecule has 0 aromatic heterocycles. The van der Waals surface area contributed by atoms with E-state index in [1.807, 2.05) is 0 Å². The summed E-state index contributed by atoms with van der Waals surface area (Å²) in [6, 6.07) is 0. The molecule has 5 heteroatoms. The van der Waals surface area contributed by atoms with E-state index in [4.69, 9.17) is 14.4 Å². The molecule has 0 rings (SSSR count). The summed E-state index contributed by atoms with van der Waals surface area (Å²) in [5, 5.41) is 0. The predicted octanol–water partition coefficient (Wildman–Crippen LogP) is -0.170. The summed E-state index contributed by atoms with van der Waals surface area (Å²) in [5.41, 5.74) is 0. The van der Waals surface area contributed by atoms with Crippen LogP contribution in [0.2, 0.25) is 0 Å². The van der Waals surface area contributed by atoms with Crippen LogP contribution < -0.4 is 0 Å². The second-order valence-electron chi connectivity index (χ2n) is 0.589. The Balaban J connectivity index is 0. The molecule has 0 bridgehead atoms. The quantitative estimate of drug-likeness (QED) is 0.372. The van der Waals surface area contributed by atoms with Gasteiger partial charge in [0.15, 0.2) is 0 Å². The van der Waals surface area contributed by atoms with Gasteiger partial charge < -0.3 is 9.79 Å². The standard InChI is InChI=1S/CH3O3P.Fe/c1-5(2,3)4;/h1H,(H2,2,3,4);. The van der Waals surface area contributed by atoms with Crippen LogP contribution >= 0.6 is 7.60 Å². The molecule has 2 N–H and O–H groups in total. The molecule has 0 aromatic carbocycles. The molecule has 0 aliphatic rings. The Kier molecular flexibility index (Phi) is 4.55. The van der Waals surface area contributed by atoms with Gasteiger partial charge in [0, 0.05) is 17.1 Å². The molecular formula is CH3FeO3P. The van der Waals surface area contributed by atoms with Crippen LogP contribution in [-0.4, -0.2) is 9.79 Å². The molecule has 0 saturated carbocycles. The summed E-state index contributed by atoms with van der Waals surface area (Å²) in [6.07, 6.45) is 0. The van der Waals surface area contributed by atoms with Gasteiger partial charge >= 0.3 is 7.60 Å². The van der Waals surface area contributed by atoms with E-state index in [-0.39, 0.29) is 17.1 Å². The summed E-state index contributed by atoms with van der Waals surface area (Å²) < 4.78 is 9.10. The zero-order chi connectivity index (χ0) is 4.50. The van der Waals surface area contributed by atoms with Crippen molar-refractivity contribution in [1.82, 2.24) is 0 Å². The summed E-state index contributed by atoms with van der Waals surface area (Å²) in [5.74, 6) is 0. The third kappa shape index (κ3) is 140. The van der Waals surface area contributed by atoms with Crippen molar-refractivity contribution in [2.45, 2.75) is 0 Å². The van der Waals surface area contributed by atoms with Crippen molar-refractivity contribution in [3.8, 4) is 0 Å². The molecule has 0 aromatic rings. The van der Waals surface area contributed by atoms with Crippen molar-refractivity contribution in [1.29, 1.82) is 0 Å². The Hall–Kier alpha value is 0.669. The maximum atomic E-state index is 9.10. The Bertz CT molecular complexity index is 56.9. The Morgan fingerprint density at radius 2 is 1.50 bits per heavy atom. The summed E-state index contributed by atoms with van der Waals surface area (Å²) >= 11 is 0. The first kappa shape index (κ1) is 9.83. The van der Waals surface area contributed by atoms with E-state index in [1.165, 1.54) is 0 Å². The van der Waals surface area contributed by atoms with Crippen LogP contribution in [0.25, 0.3) is 0 Å². The van der Waals surface area contributed by atoms with E-state index < -0.39 is 7.60 Å². The molecule has 0 saturated heterocycles. The third-order valence-corrected chi connectivity index (χ3v) is 0. The van der Waals surface area contributed by atoms with Gasteiger partial charge in [0.1, 0.15) is 0 Å². The first-order chi connectivity index (χ1) is 2.00. The molecule has 0 amide bonds. The number of hydrogen-bond donors (Lipinski definition) is 2. The van der Waals surface area contributed by atoms with Gasteiger partial charge in [-0.2, -0.15) is 0 Å². The van der Waals surface area contributed by atoms with Crippen molar-refractivity contribution < 1.29 is 31.4 Å². The second-order valence-corrected chi connectivity index (χ2v) is 1.77. The molecule has 0 unspecified atom stereocenters. The first-order valence-corrected chi connectivity index (χ1v) is 2.52. The van der Waals surface area contributed by atoms with Crippen molar-refractivity contribution in [3.63, 3.8) is 0 Å². The van der Waals surface area contributed by atoms with Gasteiger partial charge in [0.25, 0.3) is 0 Å². The Morgan fingerprint density at radius 3 is 1.50 bits per heavy atom. The average Bonchev–Trinajstić information content (AvgIpc) is 0.722. The van der Waals surface area contributed by atoms with Crippen molar-refractivity contribution >= 4 is 7.60 Å². The normalized spacial score (nSPS) is 9.83. The second kappa shape index (κ2) is 2.78. The van der Waals surface area contributed by atoms with Crippen LogP contribution in [0.5, 0.6) is 0 Å². The molecule has 0 fully saturated rings. The van der Waals surface area contributed by atoms with Gasteiger partial charge in [-0.05, 0) is 0 Å². The van der Waals surface area contributed by atoms with E-state index in [1.54, 1.807) is 0 Å². The van der Waals surface area contributed by atoms with Crippen LogP contribution in [0, 0.1) is 6.66 Å². The maximum absolute atomic E-state index is 9.10. The molecular weight excluding hydrogens is 147 g/mol. The molecule has 0 atom stereocenters. The minimum Gasteiger partial charge on any atom is -0.324 e. The van der Waals surface area contributed by atoms with Gasteiger partial charge in [-0.3, -0.25) is 4.57 Å². The third-order valence-electron chi connectivity index (χ3n) is 0. The molecule has 0 spiro atoms. The molecule has 2 radical (unpaired) electrons. The first-order valence-electron chi connectivity index (χ1n) is 0.841. The average molecular weight is 150 g/mol. The van der Waals surface area contributed by atoms with Gasteiger partial charge in [0.05, 0.1) is 6.66 Å². The van der Waals surface area contributed by atoms with Gasteiger partial charge in [0.2, 0.25) is 0 Å². The molecule has 0 aliphatic carbocycles. The van der Waals surface area contributed by atoms with Crippen LogP contribution in [0.1, 0.15) is 0 Å². The maximum Gasteiger partial charge on any atom is 0.330 e. The van der Waals surface area contributed by atoms with Crippen LogP contribution in [0.3, 0.4) is 0 Å². The fraction of sp³-hybridized carbons (Fsp3) is 0. The fourth-order valence-corrected chi connectivity index (χ4v) is 0. The topological polar surface area (TPSA) is 57.5 Å². The van der Waals surface area contributed by atoms with Crippen LogP contribution in [0.15, 0.2) is 0 Å². The van der Waals surface area contributed by atoms with Crippen molar-refractivity contribution in [3.05, 3.63) is 6.66 Å². The molecule has 0 aliphatic heterocycles. The van der Waals surface area contributed by atoms with E-state index in [2.05, 4.69) is 6.66 Å². The summed E-state index contributed by atoms with van der Waals surface area (Å²) in [4.78, 5) is 14.8. The van der Waals surface area contributed by atoms with Gasteiger partial charge in [-0.15, -0.1) is 0 Å². The molecule has 0 heterocycles. The van der Waals surface area contributed by atoms with E-state index >= 15 is 0 Å². The number of hydrogen-bond acceptors (Lipinski definition) is 1. The zero-order valence-corrected chi connectivity index (χ0v) is 4.68. The fourth-order valence-electron chi connectivity index (χ4n) is 0. The van der Waals surface area contributed by atoms with Crippen molar-refractivity contribution in [2.24, 2.45) is 0 Å². The summed E-state index contributed by atoms with van der Waals surface area (Å²) in [6.45, 7) is 4.02. The van der Waals surface area contributed by atoms with E-state index in [0.717, 1.165) is 0 Å². The molecule has 6 heavy (non-hydrogen) atoms. The monoisotopic (exact) mass is 150 g/mol. The number of rotatable bonds is 0.